The third-order valence-corrected chi connectivity index (χ3v) is 11.2. The number of carbonyl (C=O) groups excluding carboxylic acids is 2. The van der Waals surface area contributed by atoms with Crippen LogP contribution in [0.25, 0.3) is 0 Å². The summed E-state index contributed by atoms with van der Waals surface area (Å²) in [6, 6.07) is 0. The number of ether oxygens (including phenoxy) is 2. The molecule has 54 heavy (non-hydrogen) atoms. The molecule has 0 fully saturated rings. The molecule has 318 valence electrons. The molecule has 0 saturated carbocycles. The number of quaternary nitrogens is 1. The Morgan fingerprint density at radius 3 is 1.46 bits per heavy atom. The topological polar surface area (TPSA) is 133 Å². The third-order valence-electron chi connectivity index (χ3n) is 10.2. The molecule has 1 N–H and O–H groups in total. The Kier molecular flexibility index (Phi) is 29.7. The molecule has 0 aromatic rings. The predicted octanol–water partition coefficient (Wildman–Crippen LogP) is 11.8. The van der Waals surface area contributed by atoms with Crippen LogP contribution in [0.4, 0.5) is 0 Å². The Labute approximate surface area is 330 Å². The van der Waals surface area contributed by atoms with E-state index >= 15 is 0 Å². The smallest absolute Gasteiger partial charge is 0.462 e. The Balaban J connectivity index is 2.33. The Hall–Kier alpha value is -1.39. The van der Waals surface area contributed by atoms with E-state index in [4.69, 9.17) is 18.5 Å². The number of hydrogen-bond acceptors (Lipinski definition) is 9. The number of unbranched alkanes of at least 4 members (excludes halogenated alkanes) is 22. The lowest BCUT2D eigenvalue weighted by Crippen LogP contribution is -2.37. The summed E-state index contributed by atoms with van der Waals surface area (Å²) < 4.78 is 34.4. The van der Waals surface area contributed by atoms with Gasteiger partial charge in [-0.15, -0.1) is 0 Å². The molecule has 0 radical (unpaired) electrons. The molecular formula is C42H83N3O8P+. The number of phosphoric acid groups is 1. The van der Waals surface area contributed by atoms with Gasteiger partial charge in [0.2, 0.25) is 0 Å². The summed E-state index contributed by atoms with van der Waals surface area (Å²) in [5.74, 6) is -0.849. The zero-order valence-corrected chi connectivity index (χ0v) is 36.4. The fraction of sp³-hybridized carbons (Fsp3) is 0.952. The molecule has 0 amide bonds. The SMILES string of the molecule is CCCCCCCCCCCCCCCCCC(=O)OCC(COP(=O)(O)OCC[N+](C)(C)C)OC(=O)CCCCC1(CCCCCCCCCC)N=N1. The minimum atomic E-state index is -4.39. The quantitative estimate of drug-likeness (QED) is 0.0281. The molecule has 0 aromatic heterocycles. The van der Waals surface area contributed by atoms with E-state index in [1.54, 1.807) is 0 Å². The second-order valence-electron chi connectivity index (χ2n) is 16.7. The minimum Gasteiger partial charge on any atom is -0.462 e. The van der Waals surface area contributed by atoms with E-state index in [1.165, 1.54) is 122 Å². The number of carbonyl (C=O) groups is 2. The number of phosphoric ester groups is 1. The fourth-order valence-electron chi connectivity index (χ4n) is 6.52. The summed E-state index contributed by atoms with van der Waals surface area (Å²) >= 11 is 0. The second kappa shape index (κ2) is 31.7. The van der Waals surface area contributed by atoms with Crippen LogP contribution in [0, 0.1) is 0 Å². The maximum Gasteiger partial charge on any atom is 0.472 e. The van der Waals surface area contributed by atoms with Gasteiger partial charge >= 0.3 is 19.8 Å². The lowest BCUT2D eigenvalue weighted by molar-refractivity contribution is -0.870. The first-order valence-corrected chi connectivity index (χ1v) is 23.6. The maximum absolute atomic E-state index is 12.8. The van der Waals surface area contributed by atoms with E-state index in [9.17, 15) is 19.0 Å². The predicted molar refractivity (Wildman–Crippen MR) is 218 cm³/mol. The van der Waals surface area contributed by atoms with E-state index in [-0.39, 0.29) is 37.7 Å². The van der Waals surface area contributed by atoms with Gasteiger partial charge in [0.15, 0.2) is 11.8 Å². The maximum atomic E-state index is 12.8. The highest BCUT2D eigenvalue weighted by Crippen LogP contribution is 2.43. The summed E-state index contributed by atoms with van der Waals surface area (Å²) in [5.41, 5.74) is -0.266. The van der Waals surface area contributed by atoms with Crippen LogP contribution in [0.5, 0.6) is 0 Å². The molecule has 0 aromatic carbocycles. The standard InChI is InChI=1S/C42H82N3O8P/c1-6-8-10-12-14-16-17-18-19-20-21-22-23-25-27-31-40(46)50-37-39(38-52-54(48,49)51-36-35-45(3,4)5)53-41(47)32-28-30-34-42(43-44-42)33-29-26-24-15-13-11-9-7-2/h39H,6-38H2,1-5H3/p+1. The number of hydrogen-bond donors (Lipinski definition) is 1. The highest BCUT2D eigenvalue weighted by atomic mass is 31.2. The van der Waals surface area contributed by atoms with E-state index in [0.717, 1.165) is 44.9 Å². The van der Waals surface area contributed by atoms with Crippen LogP contribution >= 0.6 is 7.82 Å². The van der Waals surface area contributed by atoms with Crippen molar-refractivity contribution in [3.05, 3.63) is 0 Å². The summed E-state index contributed by atoms with van der Waals surface area (Å²) in [6.07, 6.45) is 31.5. The van der Waals surface area contributed by atoms with Crippen molar-refractivity contribution in [1.82, 2.24) is 0 Å². The zero-order chi connectivity index (χ0) is 39.8. The van der Waals surface area contributed by atoms with Crippen molar-refractivity contribution in [2.45, 2.75) is 212 Å². The van der Waals surface area contributed by atoms with Gasteiger partial charge in [-0.05, 0) is 38.5 Å². The highest BCUT2D eigenvalue weighted by Gasteiger charge is 2.38. The largest absolute Gasteiger partial charge is 0.472 e. The molecule has 0 aliphatic carbocycles. The van der Waals surface area contributed by atoms with Gasteiger partial charge in [-0.1, -0.05) is 149 Å². The Bertz CT molecular complexity index is 1020. The summed E-state index contributed by atoms with van der Waals surface area (Å²) in [7, 11) is 1.45. The van der Waals surface area contributed by atoms with Crippen molar-refractivity contribution in [2.24, 2.45) is 10.2 Å². The average molecular weight is 789 g/mol. The monoisotopic (exact) mass is 789 g/mol. The molecule has 2 unspecified atom stereocenters. The third kappa shape index (κ3) is 31.8. The average Bonchev–Trinajstić information content (AvgIpc) is 3.89. The lowest BCUT2D eigenvalue weighted by atomic mass is 9.98. The highest BCUT2D eigenvalue weighted by molar-refractivity contribution is 7.47. The van der Waals surface area contributed by atoms with Gasteiger partial charge in [0.25, 0.3) is 0 Å². The molecule has 0 spiro atoms. The molecule has 1 aliphatic rings. The molecule has 0 saturated heterocycles. The summed E-state index contributed by atoms with van der Waals surface area (Å²) in [6.45, 7) is 4.36. The van der Waals surface area contributed by atoms with Gasteiger partial charge in [-0.3, -0.25) is 18.6 Å². The van der Waals surface area contributed by atoms with Gasteiger partial charge < -0.3 is 18.9 Å². The number of nitrogens with zero attached hydrogens (tertiary/aromatic N) is 3. The van der Waals surface area contributed by atoms with Gasteiger partial charge in [-0.2, -0.15) is 10.2 Å². The summed E-state index contributed by atoms with van der Waals surface area (Å²) in [4.78, 5) is 35.5. The normalized spacial score (nSPS) is 15.2. The number of rotatable bonds is 40. The summed E-state index contributed by atoms with van der Waals surface area (Å²) in [5, 5.41) is 8.65. The second-order valence-corrected chi connectivity index (χ2v) is 18.2. The molecule has 12 heteroatoms. The van der Waals surface area contributed by atoms with Crippen LogP contribution in [0.3, 0.4) is 0 Å². The van der Waals surface area contributed by atoms with Crippen molar-refractivity contribution in [2.75, 3.05) is 47.5 Å². The van der Waals surface area contributed by atoms with Crippen LogP contribution in [0.2, 0.25) is 0 Å². The van der Waals surface area contributed by atoms with E-state index in [0.29, 0.717) is 17.4 Å². The molecule has 1 rings (SSSR count). The van der Waals surface area contributed by atoms with E-state index in [1.807, 2.05) is 21.1 Å². The number of likely N-dealkylation sites (N-methyl/N-ethyl adjacent to an activating group) is 1. The fourth-order valence-corrected chi connectivity index (χ4v) is 7.26. The van der Waals surface area contributed by atoms with Crippen LogP contribution in [0.15, 0.2) is 10.2 Å². The van der Waals surface area contributed by atoms with Gasteiger partial charge in [0.05, 0.1) is 27.7 Å². The first-order valence-electron chi connectivity index (χ1n) is 22.1. The number of esters is 2. The van der Waals surface area contributed by atoms with Crippen molar-refractivity contribution >= 4 is 19.8 Å². The van der Waals surface area contributed by atoms with Crippen molar-refractivity contribution in [3.63, 3.8) is 0 Å². The van der Waals surface area contributed by atoms with Gasteiger partial charge in [-0.25, -0.2) is 4.57 Å². The first kappa shape index (κ1) is 50.6. The first-order chi connectivity index (χ1) is 25.9. The van der Waals surface area contributed by atoms with Crippen LogP contribution in [-0.2, 0) is 32.7 Å². The van der Waals surface area contributed by atoms with Crippen molar-refractivity contribution < 1.29 is 42.1 Å². The van der Waals surface area contributed by atoms with E-state index < -0.39 is 26.5 Å². The molecule has 1 aliphatic heterocycles. The van der Waals surface area contributed by atoms with Crippen LogP contribution in [0.1, 0.15) is 200 Å². The molecular weight excluding hydrogens is 705 g/mol. The molecule has 1 heterocycles. The Morgan fingerprint density at radius 1 is 0.593 bits per heavy atom. The van der Waals surface area contributed by atoms with Crippen molar-refractivity contribution in [1.29, 1.82) is 0 Å². The van der Waals surface area contributed by atoms with Gasteiger partial charge in [0.1, 0.15) is 19.8 Å². The van der Waals surface area contributed by atoms with Crippen molar-refractivity contribution in [3.8, 4) is 0 Å². The molecule has 0 bridgehead atoms. The zero-order valence-electron chi connectivity index (χ0n) is 35.5. The molecule has 11 nitrogen and oxygen atoms in total. The minimum absolute atomic E-state index is 0.0229. The lowest BCUT2D eigenvalue weighted by Gasteiger charge is -2.24. The van der Waals surface area contributed by atoms with E-state index in [2.05, 4.69) is 24.1 Å². The Morgan fingerprint density at radius 2 is 1.00 bits per heavy atom. The van der Waals surface area contributed by atoms with Crippen LogP contribution < -0.4 is 0 Å². The molecule has 2 atom stereocenters. The van der Waals surface area contributed by atoms with Crippen LogP contribution in [-0.4, -0.2) is 80.6 Å². The van der Waals surface area contributed by atoms with Gasteiger partial charge in [0, 0.05) is 12.8 Å².